The molecule has 0 radical (unpaired) electrons. The number of aliphatic imine (C=N–C) groups is 1. The van der Waals surface area contributed by atoms with E-state index in [-0.39, 0.29) is 11.3 Å². The molecule has 2 amide bonds. The van der Waals surface area contributed by atoms with Crippen molar-refractivity contribution in [3.05, 3.63) is 45.7 Å². The zero-order chi connectivity index (χ0) is 16.5. The summed E-state index contributed by atoms with van der Waals surface area (Å²) >= 11 is 0. The van der Waals surface area contributed by atoms with E-state index in [4.69, 9.17) is 5.53 Å². The molecule has 0 bridgehead atoms. The summed E-state index contributed by atoms with van der Waals surface area (Å²) in [5.41, 5.74) is 8.64. The number of aliphatic hydroxyl groups excluding tert-OH is 1. The third kappa shape index (κ3) is 5.43. The molecule has 2 N–H and O–H groups in total. The van der Waals surface area contributed by atoms with Crippen LogP contribution in [0.5, 0.6) is 0 Å². The van der Waals surface area contributed by atoms with Crippen molar-refractivity contribution < 1.29 is 14.7 Å². The number of aliphatic hydroxyl groups is 1. The van der Waals surface area contributed by atoms with Gasteiger partial charge in [0.25, 0.3) is 5.91 Å². The molecule has 114 valence electrons. The summed E-state index contributed by atoms with van der Waals surface area (Å²) in [7, 11) is 0. The lowest BCUT2D eigenvalue weighted by Crippen LogP contribution is -2.34. The molecule has 0 saturated carbocycles. The first kappa shape index (κ1) is 16.9. The molecule has 9 heteroatoms. The Kier molecular flexibility index (Phi) is 6.27. The van der Waals surface area contributed by atoms with Crippen molar-refractivity contribution in [3.8, 4) is 0 Å². The molecule has 9 nitrogen and oxygen atoms in total. The summed E-state index contributed by atoms with van der Waals surface area (Å²) < 4.78 is 0. The molecule has 0 aliphatic heterocycles. The molecule has 1 aromatic heterocycles. The van der Waals surface area contributed by atoms with Crippen molar-refractivity contribution in [2.75, 3.05) is 6.54 Å². The zero-order valence-corrected chi connectivity index (χ0v) is 12.0. The maximum atomic E-state index is 11.9. The molecule has 0 aromatic carbocycles. The lowest BCUT2D eigenvalue weighted by Gasteiger charge is -2.04. The van der Waals surface area contributed by atoms with Gasteiger partial charge >= 0.3 is 0 Å². The summed E-state index contributed by atoms with van der Waals surface area (Å²) in [5, 5.41) is 14.5. The lowest BCUT2D eigenvalue weighted by atomic mass is 10.2. The molecule has 1 rings (SSSR count). The smallest absolute Gasteiger partial charge is 0.262 e. The molecular weight excluding hydrogens is 288 g/mol. The normalized spacial score (nSPS) is 11.5. The minimum atomic E-state index is -0.852. The second-order valence-corrected chi connectivity index (χ2v) is 4.16. The molecular formula is C13H14N6O3. The van der Waals surface area contributed by atoms with Gasteiger partial charge in [0.1, 0.15) is 12.3 Å². The van der Waals surface area contributed by atoms with Gasteiger partial charge in [0.05, 0.1) is 5.57 Å². The number of nitrogens with one attached hydrogen (secondary N) is 1. The number of aryl methyl sites for hydroxylation is 1. The fourth-order valence-corrected chi connectivity index (χ4v) is 1.38. The van der Waals surface area contributed by atoms with E-state index in [0.717, 1.165) is 11.9 Å². The molecule has 1 heterocycles. The maximum absolute atomic E-state index is 11.9. The minimum Gasteiger partial charge on any atom is -0.512 e. The number of carbonyl (C=O) groups excluding carboxylic acids is 2. The average Bonchev–Trinajstić information content (AvgIpc) is 2.45. The predicted octanol–water partition coefficient (Wildman–Crippen LogP) is 1.88. The summed E-state index contributed by atoms with van der Waals surface area (Å²) in [6.07, 6.45) is 1.10. The number of nitrogens with zero attached hydrogens (tertiary/aromatic N) is 5. The Balaban J connectivity index is 2.87. The van der Waals surface area contributed by atoms with Gasteiger partial charge in [-0.1, -0.05) is 11.2 Å². The first-order valence-corrected chi connectivity index (χ1v) is 6.16. The monoisotopic (exact) mass is 302 g/mol. The number of imide groups is 1. The van der Waals surface area contributed by atoms with Crippen LogP contribution in [0.1, 0.15) is 12.6 Å². The summed E-state index contributed by atoms with van der Waals surface area (Å²) in [6, 6.07) is 5.15. The first-order valence-electron chi connectivity index (χ1n) is 6.16. The fraction of sp³-hybridized carbons (Fsp3) is 0.231. The van der Waals surface area contributed by atoms with E-state index in [1.165, 1.54) is 6.92 Å². The highest BCUT2D eigenvalue weighted by atomic mass is 16.3. The van der Waals surface area contributed by atoms with E-state index in [0.29, 0.717) is 5.82 Å². The van der Waals surface area contributed by atoms with Gasteiger partial charge < -0.3 is 5.11 Å². The van der Waals surface area contributed by atoms with E-state index in [1.54, 1.807) is 25.1 Å². The Bertz CT molecular complexity index is 685. The third-order valence-electron chi connectivity index (χ3n) is 2.36. The molecule has 22 heavy (non-hydrogen) atoms. The Morgan fingerprint density at radius 3 is 2.82 bits per heavy atom. The number of aromatic nitrogens is 1. The van der Waals surface area contributed by atoms with E-state index in [2.05, 4.69) is 20.0 Å². The van der Waals surface area contributed by atoms with Gasteiger partial charge in [-0.15, -0.1) is 0 Å². The topological polar surface area (TPSA) is 140 Å². The van der Waals surface area contributed by atoms with Crippen LogP contribution < -0.4 is 5.32 Å². The molecule has 0 aliphatic carbocycles. The number of carbonyl (C=O) groups is 2. The van der Waals surface area contributed by atoms with Crippen molar-refractivity contribution in [2.45, 2.75) is 13.8 Å². The highest BCUT2D eigenvalue weighted by molar-refractivity contribution is 6.17. The number of pyridine rings is 1. The van der Waals surface area contributed by atoms with Gasteiger partial charge in [0.15, 0.2) is 5.82 Å². The lowest BCUT2D eigenvalue weighted by molar-refractivity contribution is -0.127. The van der Waals surface area contributed by atoms with Crippen LogP contribution >= 0.6 is 0 Å². The van der Waals surface area contributed by atoms with Crippen LogP contribution in [0, 0.1) is 6.92 Å². The Morgan fingerprint density at radius 1 is 1.50 bits per heavy atom. The second kappa shape index (κ2) is 8.18. The number of allylic oxidation sites excluding steroid dienone is 1. The molecule has 0 atom stereocenters. The van der Waals surface area contributed by atoms with Gasteiger partial charge in [-0.3, -0.25) is 14.9 Å². The van der Waals surface area contributed by atoms with Crippen LogP contribution in [0.4, 0.5) is 5.82 Å². The van der Waals surface area contributed by atoms with E-state index in [9.17, 15) is 14.7 Å². The standard InChI is InChI=1S/C13H14N6O3/c1-8-4-3-5-11(17-8)15-6-10(9(2)20)13(22)18-12(21)7-16-19-14/h3-6,20H,7H2,1-2H3,(H,18,21,22)/b10-9-,15-6+. The van der Waals surface area contributed by atoms with Crippen molar-refractivity contribution in [1.82, 2.24) is 10.3 Å². The summed E-state index contributed by atoms with van der Waals surface area (Å²) in [6.45, 7) is 2.55. The number of rotatable bonds is 5. The third-order valence-corrected chi connectivity index (χ3v) is 2.36. The van der Waals surface area contributed by atoms with Gasteiger partial charge in [-0.25, -0.2) is 9.98 Å². The summed E-state index contributed by atoms with van der Waals surface area (Å²) in [4.78, 5) is 33.6. The number of amides is 2. The van der Waals surface area contributed by atoms with Crippen molar-refractivity contribution in [2.24, 2.45) is 10.1 Å². The van der Waals surface area contributed by atoms with Crippen LogP contribution in [-0.2, 0) is 9.59 Å². The number of hydrogen-bond donors (Lipinski definition) is 2. The first-order chi connectivity index (χ1) is 10.4. The number of hydrogen-bond acceptors (Lipinski definition) is 6. The van der Waals surface area contributed by atoms with E-state index >= 15 is 0 Å². The highest BCUT2D eigenvalue weighted by Gasteiger charge is 2.14. The Labute approximate surface area is 126 Å². The molecule has 0 unspecified atom stereocenters. The summed E-state index contributed by atoms with van der Waals surface area (Å²) in [5.74, 6) is -1.60. The zero-order valence-electron chi connectivity index (χ0n) is 12.0. The molecule has 0 saturated heterocycles. The largest absolute Gasteiger partial charge is 0.512 e. The average molecular weight is 302 g/mol. The SMILES string of the molecule is C/C(O)=C(\C=N\c1cccc(C)n1)C(=O)NC(=O)CN=[N+]=[N-]. The quantitative estimate of drug-likeness (QED) is 0.214. The van der Waals surface area contributed by atoms with Gasteiger partial charge in [-0.05, 0) is 31.5 Å². The molecule has 0 fully saturated rings. The molecule has 0 spiro atoms. The van der Waals surface area contributed by atoms with Crippen molar-refractivity contribution in [3.63, 3.8) is 0 Å². The van der Waals surface area contributed by atoms with Crippen LogP contribution in [0.25, 0.3) is 10.4 Å². The van der Waals surface area contributed by atoms with Crippen LogP contribution in [0.3, 0.4) is 0 Å². The number of azide groups is 1. The Morgan fingerprint density at radius 2 is 2.23 bits per heavy atom. The second-order valence-electron chi connectivity index (χ2n) is 4.16. The molecule has 1 aromatic rings. The minimum absolute atomic E-state index is 0.197. The van der Waals surface area contributed by atoms with Gasteiger partial charge in [0, 0.05) is 16.8 Å². The van der Waals surface area contributed by atoms with Crippen LogP contribution in [0.2, 0.25) is 0 Å². The van der Waals surface area contributed by atoms with Crippen LogP contribution in [-0.4, -0.2) is 34.7 Å². The Hall–Kier alpha value is -3.19. The van der Waals surface area contributed by atoms with E-state index < -0.39 is 18.4 Å². The van der Waals surface area contributed by atoms with Crippen molar-refractivity contribution >= 4 is 23.8 Å². The van der Waals surface area contributed by atoms with E-state index in [1.807, 2.05) is 5.32 Å². The molecule has 0 aliphatic rings. The predicted molar refractivity (Wildman–Crippen MR) is 79.6 cm³/mol. The fourth-order valence-electron chi connectivity index (χ4n) is 1.38. The van der Waals surface area contributed by atoms with Crippen LogP contribution in [0.15, 0.2) is 39.6 Å². The van der Waals surface area contributed by atoms with Crippen molar-refractivity contribution in [1.29, 1.82) is 0 Å². The highest BCUT2D eigenvalue weighted by Crippen LogP contribution is 2.09. The van der Waals surface area contributed by atoms with Gasteiger partial charge in [0.2, 0.25) is 5.91 Å². The van der Waals surface area contributed by atoms with Gasteiger partial charge in [-0.2, -0.15) is 0 Å². The maximum Gasteiger partial charge on any atom is 0.262 e.